The smallest absolute Gasteiger partial charge is 0.0838 e. The highest BCUT2D eigenvalue weighted by atomic mass is 79.9. The second-order valence-electron chi connectivity index (χ2n) is 4.74. The molecule has 0 spiro atoms. The summed E-state index contributed by atoms with van der Waals surface area (Å²) in [6, 6.07) is 10.7. The molecule has 2 heteroatoms. The summed E-state index contributed by atoms with van der Waals surface area (Å²) in [4.78, 5) is 0. The molecule has 0 saturated heterocycles. The molecule has 1 aliphatic carbocycles. The Morgan fingerprint density at radius 3 is 2.69 bits per heavy atom. The van der Waals surface area contributed by atoms with Crippen molar-refractivity contribution in [1.82, 2.24) is 0 Å². The molecule has 1 fully saturated rings. The number of nitrogens with zero attached hydrogens (tertiary/aromatic N) is 1. The molecular weight excluding hydrogens is 262 g/mol. The maximum Gasteiger partial charge on any atom is 0.0838 e. The van der Waals surface area contributed by atoms with Crippen molar-refractivity contribution in [2.75, 3.05) is 0 Å². The molecule has 0 N–H and O–H groups in total. The third-order valence-corrected chi connectivity index (χ3v) is 4.27. The van der Waals surface area contributed by atoms with Crippen LogP contribution < -0.4 is 0 Å². The first-order chi connectivity index (χ1) is 7.72. The normalized spacial score (nSPS) is 28.2. The first-order valence-corrected chi connectivity index (χ1v) is 6.67. The molecule has 84 valence electrons. The Morgan fingerprint density at radius 2 is 2.12 bits per heavy atom. The topological polar surface area (TPSA) is 23.8 Å². The molecule has 0 radical (unpaired) electrons. The molecule has 16 heavy (non-hydrogen) atoms. The standard InChI is InChI=1S/C14H16BrN/c1-2-5-11-8-14(9-11,10-16)12-6-3-4-7-13(12)15/h3-4,6-7,11H,2,5,8-9H2,1H3. The fourth-order valence-corrected chi connectivity index (χ4v) is 3.42. The van der Waals surface area contributed by atoms with Crippen LogP contribution in [0.3, 0.4) is 0 Å². The van der Waals surface area contributed by atoms with Gasteiger partial charge in [0.2, 0.25) is 0 Å². The van der Waals surface area contributed by atoms with E-state index in [9.17, 15) is 5.26 Å². The lowest BCUT2D eigenvalue weighted by Crippen LogP contribution is -2.40. The average Bonchev–Trinajstić information content (AvgIpc) is 2.24. The van der Waals surface area contributed by atoms with Gasteiger partial charge >= 0.3 is 0 Å². The summed E-state index contributed by atoms with van der Waals surface area (Å²) < 4.78 is 1.08. The minimum atomic E-state index is -0.222. The van der Waals surface area contributed by atoms with Crippen LogP contribution >= 0.6 is 15.9 Å². The van der Waals surface area contributed by atoms with Crippen molar-refractivity contribution in [3.05, 3.63) is 34.3 Å². The largest absolute Gasteiger partial charge is 0.197 e. The fraction of sp³-hybridized carbons (Fsp3) is 0.500. The summed E-state index contributed by atoms with van der Waals surface area (Å²) in [7, 11) is 0. The zero-order chi connectivity index (χ0) is 11.6. The summed E-state index contributed by atoms with van der Waals surface area (Å²) in [6.45, 7) is 2.21. The van der Waals surface area contributed by atoms with Crippen molar-refractivity contribution in [1.29, 1.82) is 5.26 Å². The van der Waals surface area contributed by atoms with Crippen molar-refractivity contribution in [3.8, 4) is 6.07 Å². The minimum Gasteiger partial charge on any atom is -0.197 e. The molecule has 1 aromatic rings. The van der Waals surface area contributed by atoms with E-state index in [4.69, 9.17) is 0 Å². The zero-order valence-electron chi connectivity index (χ0n) is 9.54. The monoisotopic (exact) mass is 277 g/mol. The Labute approximate surface area is 106 Å². The Hall–Kier alpha value is -0.810. The van der Waals surface area contributed by atoms with Crippen LogP contribution in [0.5, 0.6) is 0 Å². The molecule has 0 bridgehead atoms. The van der Waals surface area contributed by atoms with Crippen LogP contribution in [0.15, 0.2) is 28.7 Å². The SMILES string of the molecule is CCCC1CC(C#N)(c2ccccc2Br)C1. The van der Waals surface area contributed by atoms with E-state index in [1.807, 2.05) is 18.2 Å². The molecule has 1 nitrogen and oxygen atoms in total. The van der Waals surface area contributed by atoms with Crippen molar-refractivity contribution < 1.29 is 0 Å². The van der Waals surface area contributed by atoms with Crippen molar-refractivity contribution in [3.63, 3.8) is 0 Å². The zero-order valence-corrected chi connectivity index (χ0v) is 11.1. The number of benzene rings is 1. The number of hydrogen-bond donors (Lipinski definition) is 0. The molecule has 0 heterocycles. The number of halogens is 1. The van der Waals surface area contributed by atoms with E-state index < -0.39 is 0 Å². The Bertz CT molecular complexity index is 413. The summed E-state index contributed by atoms with van der Waals surface area (Å²) in [5.74, 6) is 0.747. The quantitative estimate of drug-likeness (QED) is 0.802. The van der Waals surface area contributed by atoms with Crippen LogP contribution in [0.1, 0.15) is 38.2 Å². The van der Waals surface area contributed by atoms with E-state index >= 15 is 0 Å². The summed E-state index contributed by atoms with van der Waals surface area (Å²) in [5.41, 5.74) is 0.949. The van der Waals surface area contributed by atoms with E-state index in [2.05, 4.69) is 35.0 Å². The maximum absolute atomic E-state index is 9.43. The summed E-state index contributed by atoms with van der Waals surface area (Å²) in [6.07, 6.45) is 4.54. The predicted octanol–water partition coefficient (Wildman–Crippen LogP) is 4.42. The number of nitriles is 1. The van der Waals surface area contributed by atoms with E-state index in [1.54, 1.807) is 0 Å². The summed E-state index contributed by atoms with van der Waals surface area (Å²) in [5, 5.41) is 9.43. The Balaban J connectivity index is 2.21. The Morgan fingerprint density at radius 1 is 1.44 bits per heavy atom. The van der Waals surface area contributed by atoms with Crippen LogP contribution in [-0.4, -0.2) is 0 Å². The highest BCUT2D eigenvalue weighted by Crippen LogP contribution is 2.50. The van der Waals surface area contributed by atoms with Crippen LogP contribution in [0.4, 0.5) is 0 Å². The van der Waals surface area contributed by atoms with Gasteiger partial charge in [-0.1, -0.05) is 53.9 Å². The molecule has 1 saturated carbocycles. The molecular formula is C14H16BrN. The van der Waals surface area contributed by atoms with E-state index in [0.717, 1.165) is 23.2 Å². The minimum absolute atomic E-state index is 0.222. The second kappa shape index (κ2) is 4.59. The van der Waals surface area contributed by atoms with Gasteiger partial charge in [-0.2, -0.15) is 5.26 Å². The molecule has 0 aromatic heterocycles. The highest BCUT2D eigenvalue weighted by molar-refractivity contribution is 9.10. The van der Waals surface area contributed by atoms with Crippen LogP contribution in [0.2, 0.25) is 0 Å². The van der Waals surface area contributed by atoms with Gasteiger partial charge in [0.05, 0.1) is 11.5 Å². The van der Waals surface area contributed by atoms with Crippen LogP contribution in [0.25, 0.3) is 0 Å². The third kappa shape index (κ3) is 1.89. The van der Waals surface area contributed by atoms with Crippen LogP contribution in [-0.2, 0) is 5.41 Å². The molecule has 0 amide bonds. The maximum atomic E-state index is 9.43. The highest BCUT2D eigenvalue weighted by Gasteiger charge is 2.46. The average molecular weight is 278 g/mol. The van der Waals surface area contributed by atoms with Crippen molar-refractivity contribution >= 4 is 15.9 Å². The summed E-state index contributed by atoms with van der Waals surface area (Å²) >= 11 is 3.56. The predicted molar refractivity (Wildman–Crippen MR) is 69.1 cm³/mol. The van der Waals surface area contributed by atoms with E-state index in [0.29, 0.717) is 0 Å². The van der Waals surface area contributed by atoms with E-state index in [-0.39, 0.29) is 5.41 Å². The van der Waals surface area contributed by atoms with Gasteiger partial charge in [-0.25, -0.2) is 0 Å². The molecule has 2 rings (SSSR count). The molecule has 0 aliphatic heterocycles. The number of rotatable bonds is 3. The first-order valence-electron chi connectivity index (χ1n) is 5.88. The lowest BCUT2D eigenvalue weighted by Gasteiger charge is -2.43. The fourth-order valence-electron chi connectivity index (χ4n) is 2.76. The first kappa shape index (κ1) is 11.7. The van der Waals surface area contributed by atoms with Crippen LogP contribution in [0, 0.1) is 17.2 Å². The van der Waals surface area contributed by atoms with Gasteiger partial charge in [0.15, 0.2) is 0 Å². The van der Waals surface area contributed by atoms with Gasteiger partial charge < -0.3 is 0 Å². The Kier molecular flexibility index (Phi) is 3.35. The lowest BCUT2D eigenvalue weighted by molar-refractivity contribution is 0.184. The third-order valence-electron chi connectivity index (χ3n) is 3.57. The molecule has 0 unspecified atom stereocenters. The van der Waals surface area contributed by atoms with Crippen molar-refractivity contribution in [2.45, 2.75) is 38.0 Å². The molecule has 0 atom stereocenters. The van der Waals surface area contributed by atoms with Gasteiger partial charge in [-0.05, 0) is 30.4 Å². The van der Waals surface area contributed by atoms with Crippen molar-refractivity contribution in [2.24, 2.45) is 5.92 Å². The molecule has 1 aliphatic rings. The second-order valence-corrected chi connectivity index (χ2v) is 5.59. The van der Waals surface area contributed by atoms with Gasteiger partial charge in [0, 0.05) is 4.47 Å². The van der Waals surface area contributed by atoms with Gasteiger partial charge in [0.25, 0.3) is 0 Å². The van der Waals surface area contributed by atoms with Gasteiger partial charge in [-0.3, -0.25) is 0 Å². The van der Waals surface area contributed by atoms with E-state index in [1.165, 1.54) is 18.4 Å². The molecule has 1 aromatic carbocycles. The van der Waals surface area contributed by atoms with Gasteiger partial charge in [-0.15, -0.1) is 0 Å². The van der Waals surface area contributed by atoms with Gasteiger partial charge in [0.1, 0.15) is 0 Å². The lowest BCUT2D eigenvalue weighted by atomic mass is 9.58. The number of hydrogen-bond acceptors (Lipinski definition) is 1.